The minimum absolute atomic E-state index is 0.0437. The van der Waals surface area contributed by atoms with E-state index in [2.05, 4.69) is 16.0 Å². The van der Waals surface area contributed by atoms with Crippen LogP contribution in [0.3, 0.4) is 0 Å². The Labute approximate surface area is 183 Å². The number of nitrogens with zero attached hydrogens (tertiary/aromatic N) is 6. The van der Waals surface area contributed by atoms with Crippen molar-refractivity contribution in [1.29, 1.82) is 5.26 Å². The fraction of sp³-hybridized carbons (Fsp3) is 0.0417. The maximum atomic E-state index is 9.42. The number of rotatable bonds is 4. The standard InChI is InChI=1S/C24H17N7O/c25-11-16-10-17(13-27-12-16)20-7-8-21-24(29-20)31(18-5-3-15(14-32)4-6-18)23(30-21)19-2-1-9-28-22(19)26/h1-10,12-13,32H,14H2,(H2,26,28). The molecule has 0 aliphatic rings. The number of nitriles is 1. The summed E-state index contributed by atoms with van der Waals surface area (Å²) >= 11 is 0. The van der Waals surface area contributed by atoms with Crippen LogP contribution in [0.2, 0.25) is 0 Å². The zero-order valence-electron chi connectivity index (χ0n) is 16.8. The number of imidazole rings is 1. The number of pyridine rings is 3. The highest BCUT2D eigenvalue weighted by Gasteiger charge is 2.18. The predicted octanol–water partition coefficient (Wildman–Crippen LogP) is 3.49. The van der Waals surface area contributed by atoms with E-state index in [1.54, 1.807) is 18.5 Å². The van der Waals surface area contributed by atoms with Gasteiger partial charge in [0.1, 0.15) is 17.4 Å². The van der Waals surface area contributed by atoms with Gasteiger partial charge in [-0.1, -0.05) is 12.1 Å². The van der Waals surface area contributed by atoms with Crippen LogP contribution < -0.4 is 5.73 Å². The fourth-order valence-corrected chi connectivity index (χ4v) is 3.54. The Morgan fingerprint density at radius 1 is 1.03 bits per heavy atom. The molecule has 0 atom stereocenters. The van der Waals surface area contributed by atoms with Gasteiger partial charge in [0.05, 0.1) is 23.4 Å². The molecule has 5 aromatic rings. The Morgan fingerprint density at radius 3 is 2.62 bits per heavy atom. The van der Waals surface area contributed by atoms with Crippen LogP contribution in [0.5, 0.6) is 0 Å². The first-order chi connectivity index (χ1) is 15.7. The molecule has 8 heteroatoms. The van der Waals surface area contributed by atoms with E-state index in [0.29, 0.717) is 39.6 Å². The summed E-state index contributed by atoms with van der Waals surface area (Å²) in [6.45, 7) is -0.0437. The molecule has 0 aliphatic carbocycles. The first kappa shape index (κ1) is 19.4. The van der Waals surface area contributed by atoms with Gasteiger partial charge in [-0.2, -0.15) is 5.26 Å². The van der Waals surface area contributed by atoms with E-state index < -0.39 is 0 Å². The van der Waals surface area contributed by atoms with E-state index in [1.807, 2.05) is 53.1 Å². The van der Waals surface area contributed by atoms with Crippen LogP contribution in [0.1, 0.15) is 11.1 Å². The van der Waals surface area contributed by atoms with Crippen molar-refractivity contribution in [2.24, 2.45) is 0 Å². The lowest BCUT2D eigenvalue weighted by atomic mass is 10.1. The lowest BCUT2D eigenvalue weighted by Gasteiger charge is -2.11. The summed E-state index contributed by atoms with van der Waals surface area (Å²) in [5.74, 6) is 0.970. The minimum atomic E-state index is -0.0437. The molecule has 154 valence electrons. The second-order valence-corrected chi connectivity index (χ2v) is 7.14. The lowest BCUT2D eigenvalue weighted by Crippen LogP contribution is -2.02. The Morgan fingerprint density at radius 2 is 1.88 bits per heavy atom. The van der Waals surface area contributed by atoms with Crippen LogP contribution in [0.15, 0.2) is 73.2 Å². The molecule has 0 saturated heterocycles. The molecule has 0 unspecified atom stereocenters. The molecule has 5 rings (SSSR count). The van der Waals surface area contributed by atoms with Crippen molar-refractivity contribution >= 4 is 17.0 Å². The van der Waals surface area contributed by atoms with Crippen molar-refractivity contribution in [1.82, 2.24) is 24.5 Å². The van der Waals surface area contributed by atoms with Gasteiger partial charge in [-0.15, -0.1) is 0 Å². The number of aliphatic hydroxyl groups excluding tert-OH is 1. The Kier molecular flexibility index (Phi) is 4.78. The van der Waals surface area contributed by atoms with Gasteiger partial charge in [0.15, 0.2) is 11.5 Å². The van der Waals surface area contributed by atoms with Crippen LogP contribution in [-0.4, -0.2) is 29.6 Å². The SMILES string of the molecule is N#Cc1cncc(-c2ccc3nc(-c4cccnc4N)n(-c4ccc(CO)cc4)c3n2)c1. The molecule has 4 heterocycles. The number of nitrogen functional groups attached to an aromatic ring is 1. The first-order valence-electron chi connectivity index (χ1n) is 9.84. The molecule has 0 saturated carbocycles. The topological polar surface area (TPSA) is 127 Å². The zero-order chi connectivity index (χ0) is 22.1. The molecule has 0 aliphatic heterocycles. The molecular weight excluding hydrogens is 402 g/mol. The second kappa shape index (κ2) is 7.91. The summed E-state index contributed by atoms with van der Waals surface area (Å²) in [6, 6.07) is 18.7. The van der Waals surface area contributed by atoms with E-state index in [-0.39, 0.29) is 6.61 Å². The van der Waals surface area contributed by atoms with Crippen LogP contribution in [0.25, 0.3) is 39.5 Å². The van der Waals surface area contributed by atoms with E-state index in [1.165, 1.54) is 6.20 Å². The molecule has 3 N–H and O–H groups in total. The molecule has 32 heavy (non-hydrogen) atoms. The van der Waals surface area contributed by atoms with E-state index in [0.717, 1.165) is 16.8 Å². The number of hydrogen-bond acceptors (Lipinski definition) is 7. The normalized spacial score (nSPS) is 10.9. The summed E-state index contributed by atoms with van der Waals surface area (Å²) in [5, 5.41) is 18.6. The average Bonchev–Trinajstić information content (AvgIpc) is 3.23. The zero-order valence-corrected chi connectivity index (χ0v) is 16.8. The second-order valence-electron chi connectivity index (χ2n) is 7.14. The van der Waals surface area contributed by atoms with Gasteiger partial charge in [-0.25, -0.2) is 15.0 Å². The molecule has 0 radical (unpaired) electrons. The molecular formula is C24H17N7O. The van der Waals surface area contributed by atoms with Crippen molar-refractivity contribution in [2.45, 2.75) is 6.61 Å². The molecule has 0 bridgehead atoms. The highest BCUT2D eigenvalue weighted by Crippen LogP contribution is 2.31. The number of benzene rings is 1. The summed E-state index contributed by atoms with van der Waals surface area (Å²) in [5.41, 5.74) is 11.6. The molecule has 0 spiro atoms. The van der Waals surface area contributed by atoms with Gasteiger partial charge in [-0.3, -0.25) is 9.55 Å². The summed E-state index contributed by atoms with van der Waals surface area (Å²) in [6.07, 6.45) is 4.82. The maximum Gasteiger partial charge on any atom is 0.165 e. The van der Waals surface area contributed by atoms with Gasteiger partial charge in [-0.05, 0) is 48.0 Å². The van der Waals surface area contributed by atoms with Gasteiger partial charge < -0.3 is 10.8 Å². The predicted molar refractivity (Wildman–Crippen MR) is 120 cm³/mol. The maximum absolute atomic E-state index is 9.42. The number of aromatic nitrogens is 5. The van der Waals surface area contributed by atoms with Crippen molar-refractivity contribution < 1.29 is 5.11 Å². The smallest absolute Gasteiger partial charge is 0.165 e. The molecule has 4 aromatic heterocycles. The van der Waals surface area contributed by atoms with E-state index in [4.69, 9.17) is 15.7 Å². The Balaban J connectivity index is 1.78. The summed E-state index contributed by atoms with van der Waals surface area (Å²) in [7, 11) is 0. The number of anilines is 1. The third-order valence-electron chi connectivity index (χ3n) is 5.12. The van der Waals surface area contributed by atoms with Gasteiger partial charge in [0.2, 0.25) is 0 Å². The van der Waals surface area contributed by atoms with Crippen molar-refractivity contribution in [3.05, 3.63) is 84.3 Å². The molecule has 0 fully saturated rings. The highest BCUT2D eigenvalue weighted by atomic mass is 16.3. The quantitative estimate of drug-likeness (QED) is 0.456. The van der Waals surface area contributed by atoms with Gasteiger partial charge in [0, 0.05) is 29.8 Å². The van der Waals surface area contributed by atoms with Gasteiger partial charge >= 0.3 is 0 Å². The fourth-order valence-electron chi connectivity index (χ4n) is 3.54. The Hall–Kier alpha value is -4.61. The van der Waals surface area contributed by atoms with E-state index in [9.17, 15) is 10.4 Å². The Bertz CT molecular complexity index is 1480. The number of hydrogen-bond donors (Lipinski definition) is 2. The largest absolute Gasteiger partial charge is 0.392 e. The van der Waals surface area contributed by atoms with Crippen LogP contribution in [-0.2, 0) is 6.61 Å². The molecule has 0 amide bonds. The number of fused-ring (bicyclic) bond motifs is 1. The monoisotopic (exact) mass is 419 g/mol. The third kappa shape index (κ3) is 3.33. The minimum Gasteiger partial charge on any atom is -0.392 e. The highest BCUT2D eigenvalue weighted by molar-refractivity contribution is 5.84. The average molecular weight is 419 g/mol. The third-order valence-corrected chi connectivity index (χ3v) is 5.12. The van der Waals surface area contributed by atoms with Gasteiger partial charge in [0.25, 0.3) is 0 Å². The van der Waals surface area contributed by atoms with Crippen molar-refractivity contribution in [3.63, 3.8) is 0 Å². The van der Waals surface area contributed by atoms with Crippen LogP contribution in [0, 0.1) is 11.3 Å². The summed E-state index contributed by atoms with van der Waals surface area (Å²) in [4.78, 5) is 18.0. The molecule has 1 aromatic carbocycles. The summed E-state index contributed by atoms with van der Waals surface area (Å²) < 4.78 is 1.91. The lowest BCUT2D eigenvalue weighted by molar-refractivity contribution is 0.282. The number of aliphatic hydroxyl groups is 1. The number of nitrogens with two attached hydrogens (primary N) is 1. The van der Waals surface area contributed by atoms with Crippen molar-refractivity contribution in [3.8, 4) is 34.4 Å². The molecule has 8 nitrogen and oxygen atoms in total. The van der Waals surface area contributed by atoms with Crippen LogP contribution in [0.4, 0.5) is 5.82 Å². The van der Waals surface area contributed by atoms with Crippen LogP contribution >= 0.6 is 0 Å². The van der Waals surface area contributed by atoms with E-state index >= 15 is 0 Å². The van der Waals surface area contributed by atoms with Crippen molar-refractivity contribution in [2.75, 3.05) is 5.73 Å². The first-order valence-corrected chi connectivity index (χ1v) is 9.84.